The third-order valence-electron chi connectivity index (χ3n) is 4.52. The molecule has 0 aliphatic rings. The Kier molecular flexibility index (Phi) is 5.16. The molecule has 0 bridgehead atoms. The van der Waals surface area contributed by atoms with Crippen LogP contribution in [0.2, 0.25) is 0 Å². The Morgan fingerprint density at radius 1 is 0.586 bits per heavy atom. The third-order valence-corrected chi connectivity index (χ3v) is 5.40. The van der Waals surface area contributed by atoms with Gasteiger partial charge in [0.1, 0.15) is 10.6 Å². The van der Waals surface area contributed by atoms with E-state index in [0.717, 1.165) is 16.7 Å². The molecule has 0 atom stereocenters. The lowest BCUT2D eigenvalue weighted by atomic mass is 10.00. The molecule has 0 aliphatic heterocycles. The molecule has 0 saturated carbocycles. The molecule has 0 saturated heterocycles. The molecule has 4 aromatic rings. The van der Waals surface area contributed by atoms with Crippen molar-refractivity contribution in [3.8, 4) is 33.8 Å². The van der Waals surface area contributed by atoms with Crippen molar-refractivity contribution in [2.45, 2.75) is 4.90 Å². The number of hydrogen-bond donors (Lipinski definition) is 1. The van der Waals surface area contributed by atoms with E-state index in [9.17, 15) is 13.0 Å². The minimum absolute atomic E-state index is 0.0914. The second-order valence-corrected chi connectivity index (χ2v) is 7.86. The smallest absolute Gasteiger partial charge is 0.298 e. The van der Waals surface area contributed by atoms with Gasteiger partial charge in [-0.25, -0.2) is 0 Å². The minimum Gasteiger partial charge on any atom is -0.455 e. The molecule has 1 N–H and O–H groups in total. The Bertz CT molecular complexity index is 1220. The maximum Gasteiger partial charge on any atom is 0.298 e. The molecule has 4 aromatic carbocycles. The molecule has 144 valence electrons. The number of para-hydroxylation sites is 2. The van der Waals surface area contributed by atoms with Crippen molar-refractivity contribution in [2.75, 3.05) is 0 Å². The molecule has 0 radical (unpaired) electrons. The normalized spacial score (nSPS) is 11.2. The topological polar surface area (TPSA) is 63.6 Å². The molecule has 0 unspecified atom stereocenters. The lowest BCUT2D eigenvalue weighted by Gasteiger charge is -2.15. The molecule has 4 rings (SSSR count). The van der Waals surface area contributed by atoms with E-state index >= 15 is 0 Å². The molecule has 0 amide bonds. The zero-order chi connectivity index (χ0) is 20.3. The summed E-state index contributed by atoms with van der Waals surface area (Å²) >= 11 is 0. The van der Waals surface area contributed by atoms with Crippen LogP contribution in [0.15, 0.2) is 108 Å². The van der Waals surface area contributed by atoms with Gasteiger partial charge in [0.05, 0.1) is 0 Å². The number of rotatable bonds is 5. The average Bonchev–Trinajstić information content (AvgIpc) is 2.75. The van der Waals surface area contributed by atoms with E-state index in [1.807, 2.05) is 60.7 Å². The fourth-order valence-corrected chi connectivity index (χ4v) is 3.77. The summed E-state index contributed by atoms with van der Waals surface area (Å²) in [7, 11) is -4.46. The summed E-state index contributed by atoms with van der Waals surface area (Å²) in [6.45, 7) is 0. The van der Waals surface area contributed by atoms with Crippen molar-refractivity contribution in [3.63, 3.8) is 0 Å². The molecule has 0 aromatic heterocycles. The molecule has 0 aliphatic carbocycles. The summed E-state index contributed by atoms with van der Waals surface area (Å²) in [4.78, 5) is -0.272. The largest absolute Gasteiger partial charge is 0.455 e. The highest BCUT2D eigenvalue weighted by atomic mass is 32.2. The SMILES string of the molecule is O=S(=O)(O)c1cccc(-c2ccc(-c3ccccc3)cc2)c1Oc1ccccc1. The van der Waals surface area contributed by atoms with Gasteiger partial charge in [-0.2, -0.15) is 8.42 Å². The molecule has 0 fully saturated rings. The summed E-state index contributed by atoms with van der Waals surface area (Å²) in [5, 5.41) is 0. The van der Waals surface area contributed by atoms with Crippen molar-refractivity contribution in [3.05, 3.63) is 103 Å². The highest BCUT2D eigenvalue weighted by molar-refractivity contribution is 7.86. The highest BCUT2D eigenvalue weighted by Crippen LogP contribution is 2.39. The van der Waals surface area contributed by atoms with Crippen LogP contribution >= 0.6 is 0 Å². The predicted octanol–water partition coefficient (Wildman–Crippen LogP) is 6.06. The third kappa shape index (κ3) is 4.21. The second-order valence-electron chi connectivity index (χ2n) is 6.47. The van der Waals surface area contributed by atoms with Crippen LogP contribution in [0.1, 0.15) is 0 Å². The maximum absolute atomic E-state index is 11.9. The van der Waals surface area contributed by atoms with Crippen molar-refractivity contribution >= 4 is 10.1 Å². The summed E-state index contributed by atoms with van der Waals surface area (Å²) in [6, 6.07) is 31.3. The number of benzene rings is 4. The average molecular weight is 402 g/mol. The fraction of sp³-hybridized carbons (Fsp3) is 0. The zero-order valence-electron chi connectivity index (χ0n) is 15.4. The quantitative estimate of drug-likeness (QED) is 0.412. The van der Waals surface area contributed by atoms with Gasteiger partial charge in [-0.05, 0) is 34.9 Å². The first-order valence-corrected chi connectivity index (χ1v) is 10.5. The second kappa shape index (κ2) is 7.91. The Balaban J connectivity index is 1.81. The highest BCUT2D eigenvalue weighted by Gasteiger charge is 2.21. The summed E-state index contributed by atoms with van der Waals surface area (Å²) < 4.78 is 39.5. The molecular formula is C24H18O4S. The van der Waals surface area contributed by atoms with E-state index in [4.69, 9.17) is 4.74 Å². The first-order chi connectivity index (χ1) is 14.0. The van der Waals surface area contributed by atoms with Crippen molar-refractivity contribution in [1.82, 2.24) is 0 Å². The molecule has 5 heteroatoms. The summed E-state index contributed by atoms with van der Waals surface area (Å²) in [5.74, 6) is 0.569. The number of hydrogen-bond acceptors (Lipinski definition) is 3. The first kappa shape index (κ1) is 18.9. The van der Waals surface area contributed by atoms with Crippen LogP contribution in [0.3, 0.4) is 0 Å². The van der Waals surface area contributed by atoms with Crippen LogP contribution in [0.25, 0.3) is 22.3 Å². The minimum atomic E-state index is -4.46. The lowest BCUT2D eigenvalue weighted by Crippen LogP contribution is -2.02. The maximum atomic E-state index is 11.9. The van der Waals surface area contributed by atoms with Crippen LogP contribution in [-0.2, 0) is 10.1 Å². The van der Waals surface area contributed by atoms with Gasteiger partial charge in [0, 0.05) is 5.56 Å². The zero-order valence-corrected chi connectivity index (χ0v) is 16.2. The Morgan fingerprint density at radius 2 is 1.14 bits per heavy atom. The van der Waals surface area contributed by atoms with Crippen molar-refractivity contribution < 1.29 is 17.7 Å². The van der Waals surface area contributed by atoms with Gasteiger partial charge in [-0.15, -0.1) is 0 Å². The van der Waals surface area contributed by atoms with Crippen LogP contribution in [0.4, 0.5) is 0 Å². The fourth-order valence-electron chi connectivity index (χ4n) is 3.13. The summed E-state index contributed by atoms with van der Waals surface area (Å²) in [6.07, 6.45) is 0. The monoisotopic (exact) mass is 402 g/mol. The molecule has 0 spiro atoms. The Labute approximate surface area is 169 Å². The Morgan fingerprint density at radius 3 is 1.76 bits per heavy atom. The van der Waals surface area contributed by atoms with Gasteiger partial charge < -0.3 is 4.74 Å². The van der Waals surface area contributed by atoms with Gasteiger partial charge >= 0.3 is 0 Å². The van der Waals surface area contributed by atoms with Crippen molar-refractivity contribution in [1.29, 1.82) is 0 Å². The van der Waals surface area contributed by atoms with E-state index in [2.05, 4.69) is 0 Å². The molecule has 4 nitrogen and oxygen atoms in total. The molecule has 0 heterocycles. The van der Waals surface area contributed by atoms with Gasteiger partial charge in [0.2, 0.25) is 0 Å². The number of ether oxygens (including phenoxy) is 1. The van der Waals surface area contributed by atoms with Crippen LogP contribution in [0.5, 0.6) is 11.5 Å². The van der Waals surface area contributed by atoms with Gasteiger partial charge in [0.25, 0.3) is 10.1 Å². The van der Waals surface area contributed by atoms with Gasteiger partial charge in [0.15, 0.2) is 5.75 Å². The molecule has 29 heavy (non-hydrogen) atoms. The summed E-state index contributed by atoms with van der Waals surface area (Å²) in [5.41, 5.74) is 3.49. The van der Waals surface area contributed by atoms with Crippen LogP contribution < -0.4 is 4.74 Å². The standard InChI is InChI=1S/C24H18O4S/c25-29(26,27)23-13-7-12-22(24(23)28-21-10-5-2-6-11-21)20-16-14-19(15-17-20)18-8-3-1-4-9-18/h1-17H,(H,25,26,27). The Hall–Kier alpha value is -3.41. The van der Waals surface area contributed by atoms with Gasteiger partial charge in [-0.1, -0.05) is 84.9 Å². The van der Waals surface area contributed by atoms with E-state index in [0.29, 0.717) is 11.3 Å². The van der Waals surface area contributed by atoms with Crippen LogP contribution in [0, 0.1) is 0 Å². The van der Waals surface area contributed by atoms with E-state index < -0.39 is 10.1 Å². The molecular weight excluding hydrogens is 384 g/mol. The van der Waals surface area contributed by atoms with E-state index in [1.54, 1.807) is 36.4 Å². The van der Waals surface area contributed by atoms with E-state index in [1.165, 1.54) is 6.07 Å². The first-order valence-electron chi connectivity index (χ1n) is 9.02. The predicted molar refractivity (Wildman–Crippen MR) is 114 cm³/mol. The van der Waals surface area contributed by atoms with Crippen molar-refractivity contribution in [2.24, 2.45) is 0 Å². The van der Waals surface area contributed by atoms with Crippen LogP contribution in [-0.4, -0.2) is 13.0 Å². The van der Waals surface area contributed by atoms with Gasteiger partial charge in [-0.3, -0.25) is 4.55 Å². The lowest BCUT2D eigenvalue weighted by molar-refractivity contribution is 0.451. The van der Waals surface area contributed by atoms with E-state index in [-0.39, 0.29) is 10.6 Å².